The fraction of sp³-hybridized carbons (Fsp3) is 0.100. The largest absolute Gasteiger partial charge is 0.466 e. The van der Waals surface area contributed by atoms with E-state index >= 15 is 0 Å². The highest BCUT2D eigenvalue weighted by atomic mass is 32.2. The van der Waals surface area contributed by atoms with E-state index in [4.69, 9.17) is 0 Å². The monoisotopic (exact) mass is 212 g/mol. The van der Waals surface area contributed by atoms with Gasteiger partial charge >= 0.3 is 5.97 Å². The summed E-state index contributed by atoms with van der Waals surface area (Å²) < 4.78 is 17.4. The highest BCUT2D eigenvalue weighted by molar-refractivity contribution is 8.02. The lowest BCUT2D eigenvalue weighted by Crippen LogP contribution is -1.92. The maximum absolute atomic E-state index is 13.0. The fourth-order valence-electron chi connectivity index (χ4n) is 0.771. The summed E-state index contributed by atoms with van der Waals surface area (Å²) in [4.78, 5) is 11.2. The average molecular weight is 212 g/mol. The van der Waals surface area contributed by atoms with E-state index < -0.39 is 5.97 Å². The molecule has 0 unspecified atom stereocenters. The molecule has 0 aliphatic heterocycles. The van der Waals surface area contributed by atoms with Crippen LogP contribution in [0.1, 0.15) is 0 Å². The van der Waals surface area contributed by atoms with E-state index in [-0.39, 0.29) is 5.82 Å². The second-order valence-corrected chi connectivity index (χ2v) is 3.32. The number of halogens is 1. The van der Waals surface area contributed by atoms with E-state index in [0.29, 0.717) is 4.90 Å². The Balaban J connectivity index is 2.58. The topological polar surface area (TPSA) is 26.3 Å². The quantitative estimate of drug-likeness (QED) is 0.437. The van der Waals surface area contributed by atoms with Gasteiger partial charge in [0.15, 0.2) is 0 Å². The molecule has 14 heavy (non-hydrogen) atoms. The van der Waals surface area contributed by atoms with Crippen LogP contribution in [0.15, 0.2) is 40.6 Å². The van der Waals surface area contributed by atoms with E-state index in [9.17, 15) is 9.18 Å². The number of benzene rings is 1. The van der Waals surface area contributed by atoms with Gasteiger partial charge < -0.3 is 4.74 Å². The molecule has 0 heterocycles. The van der Waals surface area contributed by atoms with Crippen LogP contribution in [0.4, 0.5) is 4.39 Å². The standard InChI is InChI=1S/C10H9FO2S/c1-13-10(12)6-7-14-9-5-3-2-4-8(9)11/h2-7H,1H3. The van der Waals surface area contributed by atoms with E-state index in [0.717, 1.165) is 11.8 Å². The first-order valence-corrected chi connectivity index (χ1v) is 4.77. The van der Waals surface area contributed by atoms with Gasteiger partial charge in [-0.25, -0.2) is 9.18 Å². The zero-order valence-corrected chi connectivity index (χ0v) is 8.38. The molecule has 0 fully saturated rings. The van der Waals surface area contributed by atoms with Crippen molar-refractivity contribution >= 4 is 17.7 Å². The Morgan fingerprint density at radius 3 is 2.86 bits per heavy atom. The lowest BCUT2D eigenvalue weighted by molar-refractivity contribution is -0.134. The SMILES string of the molecule is COC(=O)C=CSc1ccccc1F. The Morgan fingerprint density at radius 1 is 1.50 bits per heavy atom. The first-order valence-electron chi connectivity index (χ1n) is 3.89. The zero-order chi connectivity index (χ0) is 10.4. The van der Waals surface area contributed by atoms with Gasteiger partial charge in [0.2, 0.25) is 0 Å². The van der Waals surface area contributed by atoms with Crippen LogP contribution in [-0.4, -0.2) is 13.1 Å². The predicted octanol–water partition coefficient (Wildman–Crippen LogP) is 2.60. The van der Waals surface area contributed by atoms with Gasteiger partial charge in [-0.1, -0.05) is 23.9 Å². The maximum Gasteiger partial charge on any atom is 0.330 e. The number of carbonyl (C=O) groups excluding carboxylic acids is 1. The van der Waals surface area contributed by atoms with Crippen LogP contribution in [0.3, 0.4) is 0 Å². The van der Waals surface area contributed by atoms with Crippen molar-refractivity contribution in [3.05, 3.63) is 41.6 Å². The molecule has 0 aliphatic rings. The van der Waals surface area contributed by atoms with Crippen molar-refractivity contribution in [1.82, 2.24) is 0 Å². The minimum Gasteiger partial charge on any atom is -0.466 e. The van der Waals surface area contributed by atoms with Crippen LogP contribution in [0.25, 0.3) is 0 Å². The molecular formula is C10H9FO2S. The molecule has 2 nitrogen and oxygen atoms in total. The third kappa shape index (κ3) is 3.22. The first-order chi connectivity index (χ1) is 6.74. The Labute approximate surface area is 85.8 Å². The minimum atomic E-state index is -0.450. The fourth-order valence-corrected chi connectivity index (χ4v) is 1.43. The Kier molecular flexibility index (Phi) is 4.19. The number of hydrogen-bond acceptors (Lipinski definition) is 3. The second kappa shape index (κ2) is 5.44. The predicted molar refractivity (Wildman–Crippen MR) is 53.4 cm³/mol. The number of thioether (sulfide) groups is 1. The van der Waals surface area contributed by atoms with Gasteiger partial charge in [0.25, 0.3) is 0 Å². The number of esters is 1. The molecule has 0 saturated carbocycles. The number of rotatable bonds is 3. The van der Waals surface area contributed by atoms with Gasteiger partial charge in [-0.3, -0.25) is 0 Å². The van der Waals surface area contributed by atoms with Crippen molar-refractivity contribution in [2.24, 2.45) is 0 Å². The van der Waals surface area contributed by atoms with Gasteiger partial charge in [-0.2, -0.15) is 0 Å². The summed E-state index contributed by atoms with van der Waals surface area (Å²) >= 11 is 1.13. The van der Waals surface area contributed by atoms with Crippen molar-refractivity contribution < 1.29 is 13.9 Å². The molecule has 74 valence electrons. The average Bonchev–Trinajstić information content (AvgIpc) is 2.20. The van der Waals surface area contributed by atoms with Gasteiger partial charge in [0, 0.05) is 11.0 Å². The molecule has 1 aromatic rings. The van der Waals surface area contributed by atoms with E-state index in [2.05, 4.69) is 4.74 Å². The van der Waals surface area contributed by atoms with Crippen molar-refractivity contribution in [3.63, 3.8) is 0 Å². The summed E-state index contributed by atoms with van der Waals surface area (Å²) in [5.41, 5.74) is 0. The van der Waals surface area contributed by atoms with Crippen LogP contribution in [-0.2, 0) is 9.53 Å². The molecule has 0 radical (unpaired) electrons. The third-order valence-electron chi connectivity index (χ3n) is 1.44. The number of methoxy groups -OCH3 is 1. The Bertz CT molecular complexity index is 350. The number of ether oxygens (including phenoxy) is 1. The molecule has 0 saturated heterocycles. The second-order valence-electron chi connectivity index (χ2n) is 2.37. The molecule has 0 bridgehead atoms. The highest BCUT2D eigenvalue weighted by Gasteiger charge is 1.98. The maximum atomic E-state index is 13.0. The van der Waals surface area contributed by atoms with E-state index in [1.807, 2.05) is 0 Å². The van der Waals surface area contributed by atoms with Crippen molar-refractivity contribution in [3.8, 4) is 0 Å². The van der Waals surface area contributed by atoms with Crippen molar-refractivity contribution in [2.45, 2.75) is 4.90 Å². The van der Waals surface area contributed by atoms with Gasteiger partial charge in [0.1, 0.15) is 5.82 Å². The molecule has 0 N–H and O–H groups in total. The summed E-state index contributed by atoms with van der Waals surface area (Å²) in [5, 5.41) is 1.49. The molecule has 0 spiro atoms. The van der Waals surface area contributed by atoms with Crippen LogP contribution in [0.5, 0.6) is 0 Å². The van der Waals surface area contributed by atoms with E-state index in [1.165, 1.54) is 24.7 Å². The smallest absolute Gasteiger partial charge is 0.330 e. The molecule has 1 rings (SSSR count). The summed E-state index contributed by atoms with van der Waals surface area (Å²) in [6.07, 6.45) is 1.25. The van der Waals surface area contributed by atoms with Gasteiger partial charge in [-0.15, -0.1) is 0 Å². The van der Waals surface area contributed by atoms with Gasteiger partial charge in [0.05, 0.1) is 7.11 Å². The summed E-state index contributed by atoms with van der Waals surface area (Å²) in [6.45, 7) is 0. The molecule has 0 aromatic heterocycles. The van der Waals surface area contributed by atoms with Crippen molar-refractivity contribution in [1.29, 1.82) is 0 Å². The zero-order valence-electron chi connectivity index (χ0n) is 7.57. The molecule has 4 heteroatoms. The molecular weight excluding hydrogens is 203 g/mol. The summed E-state index contributed by atoms with van der Waals surface area (Å²) in [7, 11) is 1.29. The number of hydrogen-bond donors (Lipinski definition) is 0. The van der Waals surface area contributed by atoms with E-state index in [1.54, 1.807) is 18.2 Å². The van der Waals surface area contributed by atoms with Crippen LogP contribution < -0.4 is 0 Å². The minimum absolute atomic E-state index is 0.299. The van der Waals surface area contributed by atoms with Crippen LogP contribution in [0.2, 0.25) is 0 Å². The summed E-state index contributed by atoms with van der Waals surface area (Å²) in [6, 6.07) is 6.36. The Hall–Kier alpha value is -1.29. The first kappa shape index (κ1) is 10.8. The summed E-state index contributed by atoms with van der Waals surface area (Å²) in [5.74, 6) is -0.749. The lowest BCUT2D eigenvalue weighted by Gasteiger charge is -1.96. The van der Waals surface area contributed by atoms with Gasteiger partial charge in [-0.05, 0) is 17.5 Å². The van der Waals surface area contributed by atoms with Crippen LogP contribution >= 0.6 is 11.8 Å². The lowest BCUT2D eigenvalue weighted by atomic mass is 10.4. The Morgan fingerprint density at radius 2 is 2.21 bits per heavy atom. The molecule has 1 aromatic carbocycles. The molecule has 0 amide bonds. The molecule has 0 aliphatic carbocycles. The normalized spacial score (nSPS) is 10.4. The van der Waals surface area contributed by atoms with Crippen LogP contribution in [0, 0.1) is 5.82 Å². The van der Waals surface area contributed by atoms with Crippen molar-refractivity contribution in [2.75, 3.05) is 7.11 Å². The molecule has 0 atom stereocenters. The number of carbonyl (C=O) groups is 1. The third-order valence-corrected chi connectivity index (χ3v) is 2.29. The highest BCUT2D eigenvalue weighted by Crippen LogP contribution is 2.21.